The van der Waals surface area contributed by atoms with Crippen LogP contribution in [0.1, 0.15) is 6.92 Å². The molecule has 0 aromatic rings. The molecule has 0 spiro atoms. The Bertz CT molecular complexity index is 178. The summed E-state index contributed by atoms with van der Waals surface area (Å²) in [4.78, 5) is 0. The average Bonchev–Trinajstić information content (AvgIpc) is 2.07. The summed E-state index contributed by atoms with van der Waals surface area (Å²) in [6, 6.07) is 0. The molecule has 0 heterocycles. The van der Waals surface area contributed by atoms with Gasteiger partial charge in [-0.15, -0.1) is 0 Å². The highest BCUT2D eigenvalue weighted by atomic mass is 16.3. The fraction of sp³-hybridized carbons (Fsp3) is 0.333. The Morgan fingerprint density at radius 2 is 1.82 bits per heavy atom. The van der Waals surface area contributed by atoms with E-state index in [1.807, 2.05) is 6.92 Å². The predicted molar refractivity (Wildman–Crippen MR) is 46.2 cm³/mol. The zero-order valence-electron chi connectivity index (χ0n) is 6.75. The van der Waals surface area contributed by atoms with Gasteiger partial charge in [0.25, 0.3) is 0 Å². The van der Waals surface area contributed by atoms with Gasteiger partial charge in [0.2, 0.25) is 0 Å². The maximum Gasteiger partial charge on any atom is 0.0681 e. The molecule has 0 atom stereocenters. The number of aliphatic hydroxyl groups excluding tert-OH is 2. The quantitative estimate of drug-likeness (QED) is 0.594. The molecule has 2 heteroatoms. The van der Waals surface area contributed by atoms with Crippen LogP contribution >= 0.6 is 0 Å². The molecule has 0 unspecified atom stereocenters. The first-order valence-electron chi connectivity index (χ1n) is 3.48. The minimum absolute atomic E-state index is 0.00611. The van der Waals surface area contributed by atoms with Crippen molar-refractivity contribution in [3.8, 4) is 0 Å². The molecule has 0 saturated carbocycles. The van der Waals surface area contributed by atoms with Gasteiger partial charge in [-0.2, -0.15) is 0 Å². The second-order valence-corrected chi connectivity index (χ2v) is 2.10. The van der Waals surface area contributed by atoms with Gasteiger partial charge in [0.1, 0.15) is 0 Å². The lowest BCUT2D eigenvalue weighted by molar-refractivity contribution is 0.329. The lowest BCUT2D eigenvalue weighted by Crippen LogP contribution is -1.91. The zero-order valence-corrected chi connectivity index (χ0v) is 6.75. The largest absolute Gasteiger partial charge is 0.392 e. The Labute approximate surface area is 67.2 Å². The first-order valence-corrected chi connectivity index (χ1v) is 3.48. The first kappa shape index (κ1) is 10.1. The first-order chi connectivity index (χ1) is 5.28. The van der Waals surface area contributed by atoms with E-state index in [4.69, 9.17) is 10.2 Å². The van der Waals surface area contributed by atoms with Crippen LogP contribution in [0.4, 0.5) is 0 Å². The number of hydrogen-bond donors (Lipinski definition) is 2. The molecule has 0 rings (SSSR count). The van der Waals surface area contributed by atoms with E-state index in [9.17, 15) is 0 Å². The third kappa shape index (κ3) is 3.75. The third-order valence-electron chi connectivity index (χ3n) is 1.37. The van der Waals surface area contributed by atoms with E-state index in [1.54, 1.807) is 18.2 Å². The summed E-state index contributed by atoms with van der Waals surface area (Å²) in [7, 11) is 0. The maximum atomic E-state index is 8.74. The molecule has 0 aromatic heterocycles. The minimum atomic E-state index is -0.0408. The highest BCUT2D eigenvalue weighted by molar-refractivity contribution is 5.29. The van der Waals surface area contributed by atoms with Gasteiger partial charge in [-0.25, -0.2) is 0 Å². The van der Waals surface area contributed by atoms with Crippen LogP contribution < -0.4 is 0 Å². The maximum absolute atomic E-state index is 8.74. The Morgan fingerprint density at radius 1 is 1.27 bits per heavy atom. The molecule has 0 aliphatic carbocycles. The summed E-state index contributed by atoms with van der Waals surface area (Å²) >= 11 is 0. The molecular weight excluding hydrogens is 140 g/mol. The SMILES string of the molecule is C=C/C(=C\C(=C/C)CO)CO. The van der Waals surface area contributed by atoms with Crippen molar-refractivity contribution < 1.29 is 10.2 Å². The van der Waals surface area contributed by atoms with Crippen LogP contribution in [0.3, 0.4) is 0 Å². The number of rotatable bonds is 4. The summed E-state index contributed by atoms with van der Waals surface area (Å²) in [5, 5.41) is 17.5. The molecule has 0 bridgehead atoms. The van der Waals surface area contributed by atoms with Crippen molar-refractivity contribution >= 4 is 0 Å². The monoisotopic (exact) mass is 154 g/mol. The molecule has 0 fully saturated rings. The lowest BCUT2D eigenvalue weighted by Gasteiger charge is -1.97. The predicted octanol–water partition coefficient (Wildman–Crippen LogP) is 1.03. The Morgan fingerprint density at radius 3 is 2.09 bits per heavy atom. The summed E-state index contributed by atoms with van der Waals surface area (Å²) in [5.41, 5.74) is 1.50. The van der Waals surface area contributed by atoms with Crippen molar-refractivity contribution in [1.29, 1.82) is 0 Å². The zero-order chi connectivity index (χ0) is 8.69. The molecule has 0 amide bonds. The number of hydrogen-bond acceptors (Lipinski definition) is 2. The van der Waals surface area contributed by atoms with Crippen LogP contribution in [0.25, 0.3) is 0 Å². The van der Waals surface area contributed by atoms with Crippen LogP contribution in [0.2, 0.25) is 0 Å². The van der Waals surface area contributed by atoms with E-state index in [0.29, 0.717) is 5.57 Å². The van der Waals surface area contributed by atoms with Crippen LogP contribution in [0.15, 0.2) is 36.0 Å². The van der Waals surface area contributed by atoms with Gasteiger partial charge in [-0.05, 0) is 18.1 Å². The number of allylic oxidation sites excluding steroid dienone is 1. The van der Waals surface area contributed by atoms with Gasteiger partial charge in [0, 0.05) is 0 Å². The molecule has 2 nitrogen and oxygen atoms in total. The lowest BCUT2D eigenvalue weighted by atomic mass is 10.1. The van der Waals surface area contributed by atoms with Crippen molar-refractivity contribution in [2.45, 2.75) is 6.92 Å². The Kier molecular flexibility index (Phi) is 5.43. The van der Waals surface area contributed by atoms with Gasteiger partial charge in [-0.1, -0.05) is 24.8 Å². The van der Waals surface area contributed by atoms with E-state index in [-0.39, 0.29) is 13.2 Å². The standard InChI is InChI=1S/C9H14O2/c1-3-8(6-10)5-9(4-2)7-11/h3-5,10-11H,1,6-7H2,2H3/b8-5+,9-4+. The highest BCUT2D eigenvalue weighted by Gasteiger charge is 1.91. The van der Waals surface area contributed by atoms with Crippen LogP contribution in [0, 0.1) is 0 Å². The molecule has 62 valence electrons. The van der Waals surface area contributed by atoms with Gasteiger partial charge in [-0.3, -0.25) is 0 Å². The van der Waals surface area contributed by atoms with Gasteiger partial charge < -0.3 is 10.2 Å². The van der Waals surface area contributed by atoms with Crippen molar-refractivity contribution in [2.24, 2.45) is 0 Å². The second kappa shape index (κ2) is 5.89. The summed E-state index contributed by atoms with van der Waals surface area (Å²) in [6.07, 6.45) is 5.07. The highest BCUT2D eigenvalue weighted by Crippen LogP contribution is 2.01. The molecule has 0 aromatic carbocycles. The fourth-order valence-electron chi connectivity index (χ4n) is 0.628. The van der Waals surface area contributed by atoms with Crippen molar-refractivity contribution in [3.05, 3.63) is 36.0 Å². The molecular formula is C9H14O2. The Hall–Kier alpha value is -0.860. The fourth-order valence-corrected chi connectivity index (χ4v) is 0.628. The van der Waals surface area contributed by atoms with Crippen molar-refractivity contribution in [1.82, 2.24) is 0 Å². The molecule has 11 heavy (non-hydrogen) atoms. The van der Waals surface area contributed by atoms with E-state index < -0.39 is 0 Å². The van der Waals surface area contributed by atoms with Crippen molar-refractivity contribution in [2.75, 3.05) is 13.2 Å². The van der Waals surface area contributed by atoms with E-state index in [2.05, 4.69) is 6.58 Å². The summed E-state index contributed by atoms with van der Waals surface area (Å²) in [6.45, 7) is 5.30. The van der Waals surface area contributed by atoms with Crippen LogP contribution in [-0.4, -0.2) is 23.4 Å². The summed E-state index contributed by atoms with van der Waals surface area (Å²) < 4.78 is 0. The van der Waals surface area contributed by atoms with Crippen LogP contribution in [0.5, 0.6) is 0 Å². The topological polar surface area (TPSA) is 40.5 Å². The third-order valence-corrected chi connectivity index (χ3v) is 1.37. The molecule has 0 radical (unpaired) electrons. The van der Waals surface area contributed by atoms with E-state index in [1.165, 1.54) is 0 Å². The Balaban J connectivity index is 4.35. The molecule has 0 saturated heterocycles. The smallest absolute Gasteiger partial charge is 0.0681 e. The molecule has 0 aliphatic rings. The van der Waals surface area contributed by atoms with Crippen LogP contribution in [-0.2, 0) is 0 Å². The van der Waals surface area contributed by atoms with Gasteiger partial charge in [0.15, 0.2) is 0 Å². The second-order valence-electron chi connectivity index (χ2n) is 2.10. The molecule has 0 aliphatic heterocycles. The molecule has 2 N–H and O–H groups in total. The van der Waals surface area contributed by atoms with Crippen molar-refractivity contribution in [3.63, 3.8) is 0 Å². The van der Waals surface area contributed by atoms with E-state index >= 15 is 0 Å². The minimum Gasteiger partial charge on any atom is -0.392 e. The number of aliphatic hydroxyl groups is 2. The normalized spacial score (nSPS) is 13.4. The summed E-state index contributed by atoms with van der Waals surface area (Å²) in [5.74, 6) is 0. The van der Waals surface area contributed by atoms with Gasteiger partial charge in [0.05, 0.1) is 13.2 Å². The van der Waals surface area contributed by atoms with E-state index in [0.717, 1.165) is 5.57 Å². The van der Waals surface area contributed by atoms with Gasteiger partial charge >= 0.3 is 0 Å². The average molecular weight is 154 g/mol.